The number of fused-ring (bicyclic) bond motifs is 6. The molecule has 2 atom stereocenters. The van der Waals surface area contributed by atoms with E-state index in [0.717, 1.165) is 44.4 Å². The minimum Gasteiger partial charge on any atom is -0.366 e. The molecule has 46 heavy (non-hydrogen) atoms. The van der Waals surface area contributed by atoms with Crippen LogP contribution in [-0.4, -0.2) is 23.4 Å². The zero-order valence-corrected chi connectivity index (χ0v) is 25.6. The first-order valence-electron chi connectivity index (χ1n) is 15.7. The summed E-state index contributed by atoms with van der Waals surface area (Å²) in [4.78, 5) is 30.8. The summed E-state index contributed by atoms with van der Waals surface area (Å²) in [6, 6.07) is 39.2. The van der Waals surface area contributed by atoms with Crippen LogP contribution >= 0.6 is 0 Å². The largest absolute Gasteiger partial charge is 0.366 e. The van der Waals surface area contributed by atoms with Gasteiger partial charge in [0.05, 0.1) is 23.0 Å². The Bertz CT molecular complexity index is 2570. The number of carbonyl (C=O) groups is 1. The molecule has 2 heterocycles. The minimum atomic E-state index is -0.327. The molecule has 0 bridgehead atoms. The summed E-state index contributed by atoms with van der Waals surface area (Å²) < 4.78 is 2.09. The van der Waals surface area contributed by atoms with Crippen molar-refractivity contribution in [3.8, 4) is 11.1 Å². The van der Waals surface area contributed by atoms with Crippen LogP contribution in [0.3, 0.4) is 0 Å². The number of likely N-dealkylation sites (N-methyl/N-ethyl adjacent to an activating group) is 1. The third-order valence-electron chi connectivity index (χ3n) is 10.1. The van der Waals surface area contributed by atoms with Crippen molar-refractivity contribution in [3.05, 3.63) is 155 Å². The van der Waals surface area contributed by atoms with E-state index in [4.69, 9.17) is 0 Å². The van der Waals surface area contributed by atoms with Gasteiger partial charge < -0.3 is 9.47 Å². The van der Waals surface area contributed by atoms with E-state index in [1.165, 1.54) is 16.2 Å². The Kier molecular flexibility index (Phi) is 5.72. The number of rotatable bonds is 2. The van der Waals surface area contributed by atoms with Crippen LogP contribution < -0.4 is 10.3 Å². The maximum atomic E-state index is 14.3. The molecule has 4 heteroatoms. The summed E-state index contributed by atoms with van der Waals surface area (Å²) in [5, 5.41) is 5.96. The van der Waals surface area contributed by atoms with Crippen LogP contribution in [0, 0.1) is 5.92 Å². The van der Waals surface area contributed by atoms with Crippen molar-refractivity contribution in [1.29, 1.82) is 0 Å². The molecule has 6 aromatic carbocycles. The van der Waals surface area contributed by atoms with Gasteiger partial charge in [0, 0.05) is 41.7 Å². The van der Waals surface area contributed by atoms with Crippen molar-refractivity contribution in [1.82, 2.24) is 4.57 Å². The van der Waals surface area contributed by atoms with Gasteiger partial charge in [0.2, 0.25) is 0 Å². The Morgan fingerprint density at radius 3 is 2.02 bits per heavy atom. The number of hydrogen-bond donors (Lipinski definition) is 0. The van der Waals surface area contributed by atoms with Crippen molar-refractivity contribution in [2.45, 2.75) is 6.04 Å². The number of para-hydroxylation sites is 1. The van der Waals surface area contributed by atoms with Crippen molar-refractivity contribution in [2.24, 2.45) is 13.0 Å². The van der Waals surface area contributed by atoms with Gasteiger partial charge in [-0.2, -0.15) is 0 Å². The van der Waals surface area contributed by atoms with Gasteiger partial charge in [-0.25, -0.2) is 0 Å². The highest BCUT2D eigenvalue weighted by molar-refractivity contribution is 6.13. The molecule has 0 amide bonds. The molecule has 220 valence electrons. The summed E-state index contributed by atoms with van der Waals surface area (Å²) >= 11 is 0. The topological polar surface area (TPSA) is 42.3 Å². The second kappa shape index (κ2) is 9.88. The minimum absolute atomic E-state index is 0.0228. The average Bonchev–Trinajstić information content (AvgIpc) is 3.11. The van der Waals surface area contributed by atoms with E-state index < -0.39 is 0 Å². The fourth-order valence-electron chi connectivity index (χ4n) is 7.79. The Morgan fingerprint density at radius 1 is 0.609 bits per heavy atom. The number of pyridine rings is 1. The zero-order chi connectivity index (χ0) is 31.1. The molecule has 0 saturated carbocycles. The first-order chi connectivity index (χ1) is 22.5. The van der Waals surface area contributed by atoms with Gasteiger partial charge in [-0.1, -0.05) is 103 Å². The zero-order valence-electron chi connectivity index (χ0n) is 25.6. The molecule has 9 rings (SSSR count). The SMILES string of the molecule is CN1c2cc3c(=O)c4cccc(-c5ccc6ccccc6c5)c4n(C)c3cc2C(=O)C2C=CC=C(c3ccc4ccccc4c3)C21. The van der Waals surface area contributed by atoms with Gasteiger partial charge in [-0.15, -0.1) is 0 Å². The highest BCUT2D eigenvalue weighted by Gasteiger charge is 2.41. The van der Waals surface area contributed by atoms with E-state index in [0.29, 0.717) is 16.3 Å². The van der Waals surface area contributed by atoms with Crippen molar-refractivity contribution < 1.29 is 4.79 Å². The maximum Gasteiger partial charge on any atom is 0.197 e. The summed E-state index contributed by atoms with van der Waals surface area (Å²) in [5.41, 5.74) is 7.29. The van der Waals surface area contributed by atoms with E-state index in [1.54, 1.807) is 0 Å². The first-order valence-corrected chi connectivity index (χ1v) is 15.7. The number of hydrogen-bond acceptors (Lipinski definition) is 3. The number of aromatic nitrogens is 1. The number of Topliss-reactive ketones (excluding diaryl/α,β-unsaturated/α-hetero) is 1. The lowest BCUT2D eigenvalue weighted by atomic mass is 9.76. The van der Waals surface area contributed by atoms with Gasteiger partial charge in [-0.3, -0.25) is 9.59 Å². The number of aryl methyl sites for hydroxylation is 1. The van der Waals surface area contributed by atoms with Crippen molar-refractivity contribution in [2.75, 3.05) is 11.9 Å². The predicted octanol–water partition coefficient (Wildman–Crippen LogP) is 8.94. The lowest BCUT2D eigenvalue weighted by Crippen LogP contribution is -2.47. The maximum absolute atomic E-state index is 14.3. The average molecular weight is 595 g/mol. The van der Waals surface area contributed by atoms with Crippen LogP contribution in [0.4, 0.5) is 5.69 Å². The molecule has 2 aliphatic rings. The smallest absolute Gasteiger partial charge is 0.197 e. The first kappa shape index (κ1) is 26.6. The van der Waals surface area contributed by atoms with Crippen LogP contribution in [0.25, 0.3) is 60.1 Å². The van der Waals surface area contributed by atoms with Gasteiger partial charge in [0.1, 0.15) is 0 Å². The lowest BCUT2D eigenvalue weighted by Gasteiger charge is -2.42. The molecule has 2 unspecified atom stereocenters. The Morgan fingerprint density at radius 2 is 1.28 bits per heavy atom. The molecular weight excluding hydrogens is 564 g/mol. The summed E-state index contributed by atoms with van der Waals surface area (Å²) in [7, 11) is 4.05. The quantitative estimate of drug-likeness (QED) is 0.188. The molecule has 4 nitrogen and oxygen atoms in total. The van der Waals surface area contributed by atoms with E-state index in [9.17, 15) is 9.59 Å². The van der Waals surface area contributed by atoms with Gasteiger partial charge >= 0.3 is 0 Å². The summed E-state index contributed by atoms with van der Waals surface area (Å²) in [6.07, 6.45) is 6.17. The molecule has 0 radical (unpaired) electrons. The van der Waals surface area contributed by atoms with Crippen molar-refractivity contribution >= 4 is 60.4 Å². The molecule has 7 aromatic rings. The molecule has 0 N–H and O–H groups in total. The van der Waals surface area contributed by atoms with Crippen LogP contribution in [0.1, 0.15) is 15.9 Å². The lowest BCUT2D eigenvalue weighted by molar-refractivity contribution is 0.0931. The van der Waals surface area contributed by atoms with Crippen LogP contribution in [0.15, 0.2) is 138 Å². The monoisotopic (exact) mass is 594 g/mol. The number of allylic oxidation sites excluding steroid dienone is 2. The van der Waals surface area contributed by atoms with Gasteiger partial charge in [0.25, 0.3) is 0 Å². The van der Waals surface area contributed by atoms with Crippen LogP contribution in [0.5, 0.6) is 0 Å². The molecule has 1 aromatic heterocycles. The second-order valence-electron chi connectivity index (χ2n) is 12.6. The number of benzene rings is 6. The molecule has 1 aliphatic heterocycles. The Hall–Kier alpha value is -5.74. The molecule has 0 spiro atoms. The predicted molar refractivity (Wildman–Crippen MR) is 191 cm³/mol. The van der Waals surface area contributed by atoms with Gasteiger partial charge in [0.15, 0.2) is 11.2 Å². The Balaban J connectivity index is 1.22. The highest BCUT2D eigenvalue weighted by atomic mass is 16.1. The fraction of sp³-hybridized carbons (Fsp3) is 0.0952. The second-order valence-corrected chi connectivity index (χ2v) is 12.6. The molecule has 0 saturated heterocycles. The number of nitrogens with zero attached hydrogens (tertiary/aromatic N) is 2. The molecular formula is C42H30N2O2. The number of ketones is 1. The van der Waals surface area contributed by atoms with E-state index in [2.05, 4.69) is 88.3 Å². The standard InChI is InChI=1S/C42H30N2O2/c1-43-37-23-36-38(44(2)40-32(14-8-16-34(40)42(36)46)30-20-18-26-10-4-6-12-28(26)22-30)24-35(37)41(45)33-15-7-13-31(39(33)43)29-19-17-25-9-3-5-11-27(25)21-29/h3-24,33,39H,1-2H3. The summed E-state index contributed by atoms with van der Waals surface area (Å²) in [6.45, 7) is 0. The van der Waals surface area contributed by atoms with Crippen LogP contribution in [-0.2, 0) is 7.05 Å². The van der Waals surface area contributed by atoms with E-state index >= 15 is 0 Å². The third-order valence-corrected chi connectivity index (χ3v) is 10.1. The normalized spacial score (nSPS) is 17.5. The van der Waals surface area contributed by atoms with Crippen LogP contribution in [0.2, 0.25) is 0 Å². The summed E-state index contributed by atoms with van der Waals surface area (Å²) in [5.74, 6) is -0.245. The molecule has 0 fully saturated rings. The van der Waals surface area contributed by atoms with E-state index in [-0.39, 0.29) is 23.2 Å². The Labute approximate surface area is 266 Å². The number of carbonyl (C=O) groups excluding carboxylic acids is 1. The van der Waals surface area contributed by atoms with Gasteiger partial charge in [-0.05, 0) is 68.6 Å². The van der Waals surface area contributed by atoms with Crippen molar-refractivity contribution in [3.63, 3.8) is 0 Å². The fourth-order valence-corrected chi connectivity index (χ4v) is 7.79. The third kappa shape index (κ3) is 3.80. The molecule has 1 aliphatic carbocycles. The number of anilines is 1. The van der Waals surface area contributed by atoms with E-state index in [1.807, 2.05) is 68.7 Å². The highest BCUT2D eigenvalue weighted by Crippen LogP contribution is 2.43.